The average Bonchev–Trinajstić information content (AvgIpc) is 3.64. The molecule has 6 rings (SSSR count). The number of hydrogen-bond acceptors (Lipinski definition) is 7. The molecule has 4 aromatic rings. The van der Waals surface area contributed by atoms with Gasteiger partial charge in [-0.2, -0.15) is 0 Å². The van der Waals surface area contributed by atoms with Crippen LogP contribution in [-0.4, -0.2) is 25.8 Å². The molecule has 0 saturated heterocycles. The van der Waals surface area contributed by atoms with Crippen molar-refractivity contribution in [2.24, 2.45) is 0 Å². The Morgan fingerprint density at radius 1 is 1.17 bits per heavy atom. The van der Waals surface area contributed by atoms with E-state index >= 15 is 0 Å². The minimum atomic E-state index is -0.174. The number of benzene rings is 1. The normalized spacial score (nSPS) is 16.9. The summed E-state index contributed by atoms with van der Waals surface area (Å²) < 4.78 is 5.79. The van der Waals surface area contributed by atoms with Gasteiger partial charge in [0.1, 0.15) is 11.6 Å². The van der Waals surface area contributed by atoms with E-state index in [1.54, 1.807) is 23.5 Å². The molecule has 0 bridgehead atoms. The maximum absolute atomic E-state index is 13.7. The summed E-state index contributed by atoms with van der Waals surface area (Å²) in [5.74, 6) is 1.57. The molecule has 1 aliphatic heterocycles. The first-order chi connectivity index (χ1) is 17.0. The Kier molecular flexibility index (Phi) is 5.18. The zero-order valence-electron chi connectivity index (χ0n) is 19.7. The zero-order valence-corrected chi connectivity index (χ0v) is 19.7. The Hall–Kier alpha value is -3.91. The quantitative estimate of drug-likeness (QED) is 0.457. The highest BCUT2D eigenvalue weighted by Crippen LogP contribution is 2.39. The SMILES string of the molecule is Cc1ncccc1N(Cc1ccc2c3c(c(N)nc2c1)[C@H](C)OC3)C(=O)c1cnc(C2CC2)nc1. The predicted molar refractivity (Wildman–Crippen MR) is 133 cm³/mol. The molecule has 1 aliphatic carbocycles. The lowest BCUT2D eigenvalue weighted by atomic mass is 10.0. The highest BCUT2D eigenvalue weighted by atomic mass is 16.5. The number of aromatic nitrogens is 4. The topological polar surface area (TPSA) is 107 Å². The smallest absolute Gasteiger partial charge is 0.261 e. The van der Waals surface area contributed by atoms with Crippen LogP contribution < -0.4 is 10.6 Å². The standard InChI is InChI=1S/C27H26N6O2/c1-15-23(4-3-9-29-15)33(27(34)19-11-30-26(31-12-19)18-6-7-18)13-17-5-8-20-21-14-35-16(2)24(21)25(28)32-22(20)10-17/h3-5,8-12,16,18H,6-7,13-14H2,1-2H3,(H2,28,32)/t16-/m0/s1. The molecule has 1 saturated carbocycles. The van der Waals surface area contributed by atoms with Crippen LogP contribution in [0.5, 0.6) is 0 Å². The Morgan fingerprint density at radius 2 is 1.97 bits per heavy atom. The molecule has 35 heavy (non-hydrogen) atoms. The zero-order chi connectivity index (χ0) is 24.1. The fourth-order valence-corrected chi connectivity index (χ4v) is 4.78. The van der Waals surface area contributed by atoms with Gasteiger partial charge in [0, 0.05) is 35.5 Å². The minimum absolute atomic E-state index is 0.0585. The van der Waals surface area contributed by atoms with Crippen molar-refractivity contribution in [3.63, 3.8) is 0 Å². The number of carbonyl (C=O) groups excluding carboxylic acids is 1. The van der Waals surface area contributed by atoms with Crippen molar-refractivity contribution < 1.29 is 9.53 Å². The molecule has 1 atom stereocenters. The van der Waals surface area contributed by atoms with E-state index in [4.69, 9.17) is 10.5 Å². The number of carbonyl (C=O) groups is 1. The van der Waals surface area contributed by atoms with E-state index in [0.717, 1.165) is 57.6 Å². The Labute approximate surface area is 203 Å². The van der Waals surface area contributed by atoms with E-state index in [9.17, 15) is 4.79 Å². The van der Waals surface area contributed by atoms with Gasteiger partial charge in [0.05, 0.1) is 41.7 Å². The summed E-state index contributed by atoms with van der Waals surface area (Å²) in [5.41, 5.74) is 12.0. The molecule has 8 heteroatoms. The number of hydrogen-bond donors (Lipinski definition) is 1. The summed E-state index contributed by atoms with van der Waals surface area (Å²) in [7, 11) is 0. The molecular weight excluding hydrogens is 440 g/mol. The molecule has 0 radical (unpaired) electrons. The summed E-state index contributed by atoms with van der Waals surface area (Å²) in [5, 5.41) is 1.03. The summed E-state index contributed by atoms with van der Waals surface area (Å²) in [6, 6.07) is 9.81. The largest absolute Gasteiger partial charge is 0.383 e. The molecule has 3 aromatic heterocycles. The molecule has 1 fully saturated rings. The van der Waals surface area contributed by atoms with Crippen LogP contribution in [0.25, 0.3) is 10.9 Å². The van der Waals surface area contributed by atoms with Gasteiger partial charge < -0.3 is 15.4 Å². The number of nitrogens with two attached hydrogens (primary N) is 1. The third-order valence-corrected chi connectivity index (χ3v) is 6.83. The minimum Gasteiger partial charge on any atom is -0.383 e. The number of fused-ring (bicyclic) bond motifs is 3. The third-order valence-electron chi connectivity index (χ3n) is 6.83. The van der Waals surface area contributed by atoms with Crippen molar-refractivity contribution in [3.05, 3.63) is 82.7 Å². The van der Waals surface area contributed by atoms with Gasteiger partial charge in [-0.3, -0.25) is 9.78 Å². The molecule has 2 aliphatic rings. The van der Waals surface area contributed by atoms with Crippen LogP contribution in [-0.2, 0) is 17.9 Å². The summed E-state index contributed by atoms with van der Waals surface area (Å²) >= 11 is 0. The number of nitrogen functional groups attached to an aromatic ring is 1. The van der Waals surface area contributed by atoms with Crippen LogP contribution in [0.1, 0.15) is 70.4 Å². The van der Waals surface area contributed by atoms with Gasteiger partial charge in [-0.1, -0.05) is 12.1 Å². The maximum Gasteiger partial charge on any atom is 0.261 e. The first-order valence-corrected chi connectivity index (χ1v) is 11.9. The second kappa shape index (κ2) is 8.39. The van der Waals surface area contributed by atoms with Crippen LogP contribution in [0.3, 0.4) is 0 Å². The van der Waals surface area contributed by atoms with Gasteiger partial charge in [-0.25, -0.2) is 15.0 Å². The van der Waals surface area contributed by atoms with Crippen LogP contribution in [0.15, 0.2) is 48.9 Å². The van der Waals surface area contributed by atoms with Gasteiger partial charge in [0.25, 0.3) is 5.91 Å². The Bertz CT molecular complexity index is 1450. The fraction of sp³-hybridized carbons (Fsp3) is 0.296. The van der Waals surface area contributed by atoms with Crippen molar-refractivity contribution >= 4 is 28.3 Å². The van der Waals surface area contributed by atoms with Crippen LogP contribution in [0.4, 0.5) is 11.5 Å². The number of aryl methyl sites for hydroxylation is 1. The number of nitrogens with zero attached hydrogens (tertiary/aromatic N) is 5. The lowest BCUT2D eigenvalue weighted by Gasteiger charge is -2.24. The highest BCUT2D eigenvalue weighted by Gasteiger charge is 2.28. The van der Waals surface area contributed by atoms with Gasteiger partial charge in [-0.05, 0) is 56.0 Å². The van der Waals surface area contributed by atoms with E-state index < -0.39 is 0 Å². The van der Waals surface area contributed by atoms with Crippen molar-refractivity contribution in [1.82, 2.24) is 19.9 Å². The lowest BCUT2D eigenvalue weighted by molar-refractivity contribution is 0.0801. The third kappa shape index (κ3) is 3.89. The number of anilines is 2. The lowest BCUT2D eigenvalue weighted by Crippen LogP contribution is -2.31. The van der Waals surface area contributed by atoms with E-state index in [2.05, 4.69) is 19.9 Å². The van der Waals surface area contributed by atoms with Crippen LogP contribution >= 0.6 is 0 Å². The van der Waals surface area contributed by atoms with E-state index in [1.807, 2.05) is 44.2 Å². The van der Waals surface area contributed by atoms with Crippen molar-refractivity contribution in [3.8, 4) is 0 Å². The van der Waals surface area contributed by atoms with E-state index in [-0.39, 0.29) is 12.0 Å². The van der Waals surface area contributed by atoms with Crippen molar-refractivity contribution in [2.75, 3.05) is 10.6 Å². The number of ether oxygens (including phenoxy) is 1. The van der Waals surface area contributed by atoms with Crippen LogP contribution in [0, 0.1) is 6.92 Å². The average molecular weight is 467 g/mol. The molecule has 176 valence electrons. The first kappa shape index (κ1) is 21.6. The summed E-state index contributed by atoms with van der Waals surface area (Å²) in [4.78, 5) is 33.3. The number of rotatable bonds is 5. The highest BCUT2D eigenvalue weighted by molar-refractivity contribution is 6.06. The monoisotopic (exact) mass is 466 g/mol. The maximum atomic E-state index is 13.7. The molecule has 0 spiro atoms. The van der Waals surface area contributed by atoms with E-state index in [1.165, 1.54) is 0 Å². The van der Waals surface area contributed by atoms with E-state index in [0.29, 0.717) is 30.5 Å². The van der Waals surface area contributed by atoms with Crippen molar-refractivity contribution in [1.29, 1.82) is 0 Å². The number of pyridine rings is 2. The number of amides is 1. The Balaban J connectivity index is 1.37. The second-order valence-electron chi connectivity index (χ2n) is 9.30. The van der Waals surface area contributed by atoms with Gasteiger partial charge in [-0.15, -0.1) is 0 Å². The molecule has 1 amide bonds. The van der Waals surface area contributed by atoms with Crippen molar-refractivity contribution in [2.45, 2.75) is 51.9 Å². The molecule has 1 aromatic carbocycles. The molecule has 0 unspecified atom stereocenters. The fourth-order valence-electron chi connectivity index (χ4n) is 4.78. The van der Waals surface area contributed by atoms with Gasteiger partial charge in [0.15, 0.2) is 0 Å². The van der Waals surface area contributed by atoms with Gasteiger partial charge >= 0.3 is 0 Å². The molecule has 8 nitrogen and oxygen atoms in total. The summed E-state index contributed by atoms with van der Waals surface area (Å²) in [6.07, 6.45) is 7.16. The first-order valence-electron chi connectivity index (χ1n) is 11.9. The van der Waals surface area contributed by atoms with Gasteiger partial charge in [0.2, 0.25) is 0 Å². The predicted octanol–water partition coefficient (Wildman–Crippen LogP) is 4.63. The Morgan fingerprint density at radius 3 is 2.71 bits per heavy atom. The molecule has 4 heterocycles. The second-order valence-corrected chi connectivity index (χ2v) is 9.30. The van der Waals surface area contributed by atoms with Crippen LogP contribution in [0.2, 0.25) is 0 Å². The summed E-state index contributed by atoms with van der Waals surface area (Å²) in [6.45, 7) is 4.76. The molecular formula is C27H26N6O2. The molecule has 2 N–H and O–H groups in total.